The Labute approximate surface area is 103 Å². The number of rotatable bonds is 4. The second-order valence-electron chi connectivity index (χ2n) is 3.71. The number of nitrogens with one attached hydrogen (secondary N) is 1. The molecule has 1 N–H and O–H groups in total. The molecule has 0 aliphatic rings. The van der Waals surface area contributed by atoms with Gasteiger partial charge in [-0.25, -0.2) is 0 Å². The molecular formula is C12H12N2O2S. The summed E-state index contributed by atoms with van der Waals surface area (Å²) < 4.78 is 0. The third kappa shape index (κ3) is 2.62. The molecule has 0 saturated carbocycles. The summed E-state index contributed by atoms with van der Waals surface area (Å²) in [5.41, 5.74) is 3.05. The van der Waals surface area contributed by atoms with Gasteiger partial charge in [0.15, 0.2) is 0 Å². The minimum atomic E-state index is -0.372. The number of aryl methyl sites for hydroxylation is 1. The molecule has 0 fully saturated rings. The maximum Gasteiger partial charge on any atom is 0.292 e. The predicted molar refractivity (Wildman–Crippen MR) is 69.5 cm³/mol. The standard InChI is InChI=1S/C12H12N2O2S/c1-9-7-17-8-10(9)6-13-11-4-2-3-5-12(11)14(15)16/h2-5,7-8,13H,6H2,1H3. The second-order valence-corrected chi connectivity index (χ2v) is 4.45. The Kier molecular flexibility index (Phi) is 3.39. The lowest BCUT2D eigenvalue weighted by Crippen LogP contribution is -2.02. The molecule has 1 aromatic carbocycles. The van der Waals surface area contributed by atoms with Crippen LogP contribution in [-0.2, 0) is 6.54 Å². The number of hydrogen-bond acceptors (Lipinski definition) is 4. The molecule has 0 radical (unpaired) electrons. The van der Waals surface area contributed by atoms with Crippen molar-refractivity contribution >= 4 is 22.7 Å². The summed E-state index contributed by atoms with van der Waals surface area (Å²) in [7, 11) is 0. The zero-order valence-electron chi connectivity index (χ0n) is 9.34. The third-order valence-corrected chi connectivity index (χ3v) is 3.44. The summed E-state index contributed by atoms with van der Waals surface area (Å²) in [6.07, 6.45) is 0. The molecule has 0 aliphatic heterocycles. The van der Waals surface area contributed by atoms with Crippen LogP contribution >= 0.6 is 11.3 Å². The van der Waals surface area contributed by atoms with E-state index in [4.69, 9.17) is 0 Å². The first-order valence-corrected chi connectivity index (χ1v) is 6.11. The molecule has 1 heterocycles. The number of anilines is 1. The zero-order chi connectivity index (χ0) is 12.3. The van der Waals surface area contributed by atoms with E-state index in [0.29, 0.717) is 12.2 Å². The molecule has 0 spiro atoms. The summed E-state index contributed by atoms with van der Waals surface area (Å²) in [4.78, 5) is 10.4. The van der Waals surface area contributed by atoms with Crippen molar-refractivity contribution in [3.63, 3.8) is 0 Å². The van der Waals surface area contributed by atoms with Crippen molar-refractivity contribution in [2.24, 2.45) is 0 Å². The van der Waals surface area contributed by atoms with Gasteiger partial charge in [0.05, 0.1) is 4.92 Å². The first-order valence-electron chi connectivity index (χ1n) is 5.17. The van der Waals surface area contributed by atoms with E-state index in [2.05, 4.69) is 16.1 Å². The Balaban J connectivity index is 2.14. The van der Waals surface area contributed by atoms with Crippen molar-refractivity contribution in [3.8, 4) is 0 Å². The van der Waals surface area contributed by atoms with Gasteiger partial charge in [-0.15, -0.1) is 0 Å². The van der Waals surface area contributed by atoms with Gasteiger partial charge in [0.25, 0.3) is 5.69 Å². The van der Waals surface area contributed by atoms with Gasteiger partial charge in [0, 0.05) is 12.6 Å². The summed E-state index contributed by atoms with van der Waals surface area (Å²) in [6.45, 7) is 2.65. The Morgan fingerprint density at radius 2 is 2.12 bits per heavy atom. The number of benzene rings is 1. The van der Waals surface area contributed by atoms with Crippen LogP contribution in [0.3, 0.4) is 0 Å². The Hall–Kier alpha value is -1.88. The van der Waals surface area contributed by atoms with Gasteiger partial charge < -0.3 is 5.32 Å². The van der Waals surface area contributed by atoms with Gasteiger partial charge in [-0.2, -0.15) is 11.3 Å². The molecule has 0 aliphatic carbocycles. The average molecular weight is 248 g/mol. The van der Waals surface area contributed by atoms with Gasteiger partial charge in [0.1, 0.15) is 5.69 Å². The molecule has 0 amide bonds. The van der Waals surface area contributed by atoms with Gasteiger partial charge in [-0.05, 0) is 34.9 Å². The smallest absolute Gasteiger partial charge is 0.292 e. The van der Waals surface area contributed by atoms with E-state index in [1.54, 1.807) is 29.5 Å². The molecule has 17 heavy (non-hydrogen) atoms. The van der Waals surface area contributed by atoms with Gasteiger partial charge in [-0.1, -0.05) is 12.1 Å². The minimum Gasteiger partial charge on any atom is -0.375 e. The van der Waals surface area contributed by atoms with Crippen molar-refractivity contribution in [1.82, 2.24) is 0 Å². The molecule has 0 saturated heterocycles. The highest BCUT2D eigenvalue weighted by molar-refractivity contribution is 7.08. The van der Waals surface area contributed by atoms with E-state index in [-0.39, 0.29) is 10.6 Å². The quantitative estimate of drug-likeness (QED) is 0.664. The second kappa shape index (κ2) is 4.97. The van der Waals surface area contributed by atoms with Crippen molar-refractivity contribution in [1.29, 1.82) is 0 Å². The average Bonchev–Trinajstić information content (AvgIpc) is 2.72. The largest absolute Gasteiger partial charge is 0.375 e. The topological polar surface area (TPSA) is 55.2 Å². The number of nitrogens with zero attached hydrogens (tertiary/aromatic N) is 1. The number of nitro groups is 1. The van der Waals surface area contributed by atoms with E-state index in [9.17, 15) is 10.1 Å². The predicted octanol–water partition coefficient (Wildman–Crippen LogP) is 3.58. The first-order chi connectivity index (χ1) is 8.18. The molecule has 88 valence electrons. The van der Waals surface area contributed by atoms with Crippen molar-refractivity contribution in [2.75, 3.05) is 5.32 Å². The first kappa shape index (κ1) is 11.6. The lowest BCUT2D eigenvalue weighted by Gasteiger charge is -2.06. The molecular weight excluding hydrogens is 236 g/mol. The van der Waals surface area contributed by atoms with Crippen molar-refractivity contribution < 1.29 is 4.92 Å². The highest BCUT2D eigenvalue weighted by Crippen LogP contribution is 2.24. The molecule has 4 nitrogen and oxygen atoms in total. The van der Waals surface area contributed by atoms with Crippen molar-refractivity contribution in [3.05, 3.63) is 56.3 Å². The molecule has 0 unspecified atom stereocenters. The maximum absolute atomic E-state index is 10.8. The van der Waals surface area contributed by atoms with E-state index < -0.39 is 0 Å². The zero-order valence-corrected chi connectivity index (χ0v) is 10.2. The Morgan fingerprint density at radius 3 is 2.76 bits per heavy atom. The van der Waals surface area contributed by atoms with E-state index in [1.165, 1.54) is 17.2 Å². The summed E-state index contributed by atoms with van der Waals surface area (Å²) in [5.74, 6) is 0. The fraction of sp³-hybridized carbons (Fsp3) is 0.167. The van der Waals surface area contributed by atoms with Gasteiger partial charge in [0.2, 0.25) is 0 Å². The Morgan fingerprint density at radius 1 is 1.35 bits per heavy atom. The van der Waals surface area contributed by atoms with Gasteiger partial charge >= 0.3 is 0 Å². The van der Waals surface area contributed by atoms with Crippen LogP contribution in [0.15, 0.2) is 35.0 Å². The van der Waals surface area contributed by atoms with Crippen molar-refractivity contribution in [2.45, 2.75) is 13.5 Å². The number of para-hydroxylation sites is 2. The minimum absolute atomic E-state index is 0.111. The molecule has 0 bridgehead atoms. The summed E-state index contributed by atoms with van der Waals surface area (Å²) >= 11 is 1.64. The van der Waals surface area contributed by atoms with Crippen LogP contribution in [0.1, 0.15) is 11.1 Å². The lowest BCUT2D eigenvalue weighted by molar-refractivity contribution is -0.384. The SMILES string of the molecule is Cc1cscc1CNc1ccccc1[N+](=O)[O-]. The summed E-state index contributed by atoms with van der Waals surface area (Å²) in [6, 6.07) is 6.68. The highest BCUT2D eigenvalue weighted by Gasteiger charge is 2.11. The maximum atomic E-state index is 10.8. The van der Waals surface area contributed by atoms with Gasteiger partial charge in [-0.3, -0.25) is 10.1 Å². The normalized spacial score (nSPS) is 10.2. The highest BCUT2D eigenvalue weighted by atomic mass is 32.1. The van der Waals surface area contributed by atoms with Crippen LogP contribution in [-0.4, -0.2) is 4.92 Å². The summed E-state index contributed by atoms with van der Waals surface area (Å²) in [5, 5.41) is 18.0. The van der Waals surface area contributed by atoms with Crippen LogP contribution in [0.4, 0.5) is 11.4 Å². The fourth-order valence-corrected chi connectivity index (χ4v) is 2.40. The van der Waals surface area contributed by atoms with Crippen LogP contribution < -0.4 is 5.32 Å². The molecule has 2 rings (SSSR count). The molecule has 5 heteroatoms. The third-order valence-electron chi connectivity index (χ3n) is 2.53. The molecule has 0 atom stereocenters. The fourth-order valence-electron chi connectivity index (χ4n) is 1.54. The Bertz CT molecular complexity index is 537. The van der Waals surface area contributed by atoms with Crippen LogP contribution in [0.5, 0.6) is 0 Å². The number of hydrogen-bond donors (Lipinski definition) is 1. The van der Waals surface area contributed by atoms with Crippen LogP contribution in [0, 0.1) is 17.0 Å². The van der Waals surface area contributed by atoms with E-state index in [1.807, 2.05) is 6.92 Å². The van der Waals surface area contributed by atoms with E-state index in [0.717, 1.165) is 0 Å². The molecule has 2 aromatic rings. The van der Waals surface area contributed by atoms with Crippen LogP contribution in [0.2, 0.25) is 0 Å². The lowest BCUT2D eigenvalue weighted by atomic mass is 10.2. The number of nitro benzene ring substituents is 1. The van der Waals surface area contributed by atoms with Crippen LogP contribution in [0.25, 0.3) is 0 Å². The van der Waals surface area contributed by atoms with E-state index >= 15 is 0 Å². The molecule has 1 aromatic heterocycles. The monoisotopic (exact) mass is 248 g/mol. The number of thiophene rings is 1.